The van der Waals surface area contributed by atoms with Crippen molar-refractivity contribution < 1.29 is 0 Å². The molecule has 0 aliphatic heterocycles. The van der Waals surface area contributed by atoms with E-state index in [1.807, 2.05) is 43.3 Å². The van der Waals surface area contributed by atoms with Crippen molar-refractivity contribution in [2.24, 2.45) is 0 Å². The first-order chi connectivity index (χ1) is 8.56. The van der Waals surface area contributed by atoms with E-state index in [1.165, 1.54) is 11.1 Å². The third kappa shape index (κ3) is 3.18. The molecule has 2 aromatic rings. The monoisotopic (exact) mass is 279 g/mol. The van der Waals surface area contributed by atoms with Crippen LogP contribution < -0.4 is 5.32 Å². The largest absolute Gasteiger partial charge is 0.381 e. The minimum Gasteiger partial charge on any atom is -0.381 e. The predicted octanol–water partition coefficient (Wildman–Crippen LogP) is 5.22. The molecule has 1 N–H and O–H groups in total. The van der Waals surface area contributed by atoms with Gasteiger partial charge in [0.15, 0.2) is 0 Å². The quantitative estimate of drug-likeness (QED) is 0.812. The van der Waals surface area contributed by atoms with Crippen LogP contribution >= 0.6 is 23.2 Å². The standard InChI is InChI=1S/C15H15Cl2N/c1-10-3-6-14(8-15(10)17)18-9-12-4-5-13(16)7-11(12)2/h3-8,18H,9H2,1-2H3. The van der Waals surface area contributed by atoms with Gasteiger partial charge in [0.2, 0.25) is 0 Å². The molecule has 0 aliphatic carbocycles. The average Bonchev–Trinajstić information content (AvgIpc) is 2.32. The second kappa shape index (κ2) is 5.64. The number of anilines is 1. The number of halogens is 2. The minimum atomic E-state index is 0.766. The van der Waals surface area contributed by atoms with Gasteiger partial charge in [0.05, 0.1) is 0 Å². The second-order valence-corrected chi connectivity index (χ2v) is 5.23. The molecular formula is C15H15Cl2N. The number of hydrogen-bond acceptors (Lipinski definition) is 1. The highest BCUT2D eigenvalue weighted by molar-refractivity contribution is 6.31. The third-order valence-electron chi connectivity index (χ3n) is 2.96. The number of hydrogen-bond donors (Lipinski definition) is 1. The number of rotatable bonds is 3. The Labute approximate surface area is 118 Å². The second-order valence-electron chi connectivity index (χ2n) is 4.39. The summed E-state index contributed by atoms with van der Waals surface area (Å²) in [5.41, 5.74) is 4.54. The molecule has 0 amide bonds. The molecule has 2 rings (SSSR count). The molecule has 3 heteroatoms. The summed E-state index contributed by atoms with van der Waals surface area (Å²) in [4.78, 5) is 0. The molecule has 94 valence electrons. The minimum absolute atomic E-state index is 0.766. The van der Waals surface area contributed by atoms with Crippen molar-refractivity contribution in [3.63, 3.8) is 0 Å². The molecule has 0 bridgehead atoms. The van der Waals surface area contributed by atoms with E-state index in [-0.39, 0.29) is 0 Å². The Morgan fingerprint density at radius 3 is 2.39 bits per heavy atom. The van der Waals surface area contributed by atoms with Gasteiger partial charge in [-0.2, -0.15) is 0 Å². The van der Waals surface area contributed by atoms with Crippen molar-refractivity contribution in [1.29, 1.82) is 0 Å². The third-order valence-corrected chi connectivity index (χ3v) is 3.60. The van der Waals surface area contributed by atoms with Gasteiger partial charge in [0, 0.05) is 22.3 Å². The fourth-order valence-electron chi connectivity index (χ4n) is 1.76. The smallest absolute Gasteiger partial charge is 0.0455 e. The normalized spacial score (nSPS) is 10.4. The van der Waals surface area contributed by atoms with Crippen molar-refractivity contribution in [2.45, 2.75) is 20.4 Å². The van der Waals surface area contributed by atoms with Gasteiger partial charge in [0.25, 0.3) is 0 Å². The van der Waals surface area contributed by atoms with E-state index in [1.54, 1.807) is 0 Å². The van der Waals surface area contributed by atoms with Crippen LogP contribution in [-0.4, -0.2) is 0 Å². The lowest BCUT2D eigenvalue weighted by Gasteiger charge is -2.10. The molecule has 0 saturated heterocycles. The van der Waals surface area contributed by atoms with Gasteiger partial charge >= 0.3 is 0 Å². The maximum Gasteiger partial charge on any atom is 0.0455 e. The molecule has 2 aromatic carbocycles. The fourth-order valence-corrected chi connectivity index (χ4v) is 2.16. The van der Waals surface area contributed by atoms with E-state index in [0.717, 1.165) is 27.8 Å². The molecule has 0 unspecified atom stereocenters. The lowest BCUT2D eigenvalue weighted by Crippen LogP contribution is -2.01. The van der Waals surface area contributed by atoms with Crippen LogP contribution in [-0.2, 0) is 6.54 Å². The molecule has 0 atom stereocenters. The zero-order valence-electron chi connectivity index (χ0n) is 10.4. The number of benzene rings is 2. The first-order valence-corrected chi connectivity index (χ1v) is 6.57. The first kappa shape index (κ1) is 13.3. The Kier molecular flexibility index (Phi) is 4.15. The van der Waals surface area contributed by atoms with E-state index in [4.69, 9.17) is 23.2 Å². The van der Waals surface area contributed by atoms with Crippen molar-refractivity contribution in [3.8, 4) is 0 Å². The zero-order chi connectivity index (χ0) is 13.1. The summed E-state index contributed by atoms with van der Waals surface area (Å²) in [6.07, 6.45) is 0. The van der Waals surface area contributed by atoms with Crippen LogP contribution in [0.25, 0.3) is 0 Å². The molecule has 0 heterocycles. The molecule has 0 radical (unpaired) electrons. The van der Waals surface area contributed by atoms with Crippen molar-refractivity contribution in [2.75, 3.05) is 5.32 Å². The lowest BCUT2D eigenvalue weighted by molar-refractivity contribution is 1.12. The molecule has 0 saturated carbocycles. The highest BCUT2D eigenvalue weighted by atomic mass is 35.5. The molecule has 0 aromatic heterocycles. The summed E-state index contributed by atoms with van der Waals surface area (Å²) in [5, 5.41) is 4.92. The van der Waals surface area contributed by atoms with Crippen LogP contribution in [0.3, 0.4) is 0 Å². The highest BCUT2D eigenvalue weighted by Gasteiger charge is 2.01. The van der Waals surface area contributed by atoms with Crippen LogP contribution in [0.15, 0.2) is 36.4 Å². The van der Waals surface area contributed by atoms with Crippen molar-refractivity contribution in [1.82, 2.24) is 0 Å². The summed E-state index contributed by atoms with van der Waals surface area (Å²) in [6, 6.07) is 11.9. The van der Waals surface area contributed by atoms with Crippen LogP contribution in [0.2, 0.25) is 10.0 Å². The fraction of sp³-hybridized carbons (Fsp3) is 0.200. The van der Waals surface area contributed by atoms with Gasteiger partial charge in [-0.05, 0) is 54.8 Å². The summed E-state index contributed by atoms with van der Waals surface area (Å²) in [5.74, 6) is 0. The highest BCUT2D eigenvalue weighted by Crippen LogP contribution is 2.21. The predicted molar refractivity (Wildman–Crippen MR) is 79.7 cm³/mol. The van der Waals surface area contributed by atoms with Gasteiger partial charge in [-0.25, -0.2) is 0 Å². The molecular weight excluding hydrogens is 265 g/mol. The van der Waals surface area contributed by atoms with Gasteiger partial charge in [-0.3, -0.25) is 0 Å². The Morgan fingerprint density at radius 2 is 1.72 bits per heavy atom. The van der Waals surface area contributed by atoms with Gasteiger partial charge in [0.1, 0.15) is 0 Å². The van der Waals surface area contributed by atoms with Crippen molar-refractivity contribution >= 4 is 28.9 Å². The van der Waals surface area contributed by atoms with E-state index in [9.17, 15) is 0 Å². The number of aryl methyl sites for hydroxylation is 2. The Hall–Kier alpha value is -1.18. The van der Waals surface area contributed by atoms with Crippen LogP contribution in [0.4, 0.5) is 5.69 Å². The zero-order valence-corrected chi connectivity index (χ0v) is 11.9. The van der Waals surface area contributed by atoms with Gasteiger partial charge in [-0.1, -0.05) is 35.3 Å². The van der Waals surface area contributed by atoms with E-state index >= 15 is 0 Å². The lowest BCUT2D eigenvalue weighted by atomic mass is 10.1. The summed E-state index contributed by atoms with van der Waals surface area (Å²) >= 11 is 12.0. The van der Waals surface area contributed by atoms with Crippen LogP contribution in [0.1, 0.15) is 16.7 Å². The Bertz CT molecular complexity index is 564. The van der Waals surface area contributed by atoms with Gasteiger partial charge < -0.3 is 5.32 Å². The van der Waals surface area contributed by atoms with E-state index < -0.39 is 0 Å². The van der Waals surface area contributed by atoms with Crippen LogP contribution in [0, 0.1) is 13.8 Å². The molecule has 0 spiro atoms. The summed E-state index contributed by atoms with van der Waals surface area (Å²) < 4.78 is 0. The topological polar surface area (TPSA) is 12.0 Å². The first-order valence-electron chi connectivity index (χ1n) is 5.81. The van der Waals surface area contributed by atoms with E-state index in [2.05, 4.69) is 12.2 Å². The van der Waals surface area contributed by atoms with Gasteiger partial charge in [-0.15, -0.1) is 0 Å². The SMILES string of the molecule is Cc1ccc(NCc2ccc(Cl)cc2C)cc1Cl. The summed E-state index contributed by atoms with van der Waals surface area (Å²) in [6.45, 7) is 4.82. The molecule has 0 aliphatic rings. The maximum atomic E-state index is 6.09. The molecule has 0 fully saturated rings. The Morgan fingerprint density at radius 1 is 0.944 bits per heavy atom. The van der Waals surface area contributed by atoms with E-state index in [0.29, 0.717) is 0 Å². The molecule has 1 nitrogen and oxygen atoms in total. The molecule has 18 heavy (non-hydrogen) atoms. The number of nitrogens with one attached hydrogen (secondary N) is 1. The van der Waals surface area contributed by atoms with Crippen molar-refractivity contribution in [3.05, 3.63) is 63.1 Å². The average molecular weight is 280 g/mol. The van der Waals surface area contributed by atoms with Crippen LogP contribution in [0.5, 0.6) is 0 Å². The maximum absolute atomic E-state index is 6.09. The summed E-state index contributed by atoms with van der Waals surface area (Å²) in [7, 11) is 0. The Balaban J connectivity index is 2.09.